The van der Waals surface area contributed by atoms with Crippen LogP contribution in [0.3, 0.4) is 0 Å². The molecular formula is CH9CaO13P3Zn. The molecule has 0 saturated heterocycles. The van der Waals surface area contributed by atoms with Gasteiger partial charge in [-0.3, -0.25) is 0 Å². The maximum absolute atomic E-state index is 10.4. The quantitative estimate of drug-likeness (QED) is 0.203. The van der Waals surface area contributed by atoms with Gasteiger partial charge in [0, 0.05) is 19.5 Å². The molecule has 0 rings (SSSR count). The Balaban J connectivity index is -0.000000165. The van der Waals surface area contributed by atoms with E-state index < -0.39 is 29.6 Å². The van der Waals surface area contributed by atoms with Gasteiger partial charge in [-0.25, -0.2) is 18.5 Å². The molecule has 0 aliphatic rings. The van der Waals surface area contributed by atoms with Crippen molar-refractivity contribution in [2.75, 3.05) is 0 Å². The van der Waals surface area contributed by atoms with Crippen LogP contribution >= 0.6 is 23.5 Å². The Labute approximate surface area is 147 Å². The first-order valence-electron chi connectivity index (χ1n) is 2.93. The van der Waals surface area contributed by atoms with Crippen LogP contribution in [0.5, 0.6) is 0 Å². The van der Waals surface area contributed by atoms with Gasteiger partial charge in [0.1, 0.15) is 0 Å². The molecule has 0 saturated carbocycles. The van der Waals surface area contributed by atoms with E-state index >= 15 is 0 Å². The van der Waals surface area contributed by atoms with Crippen LogP contribution in [0.1, 0.15) is 0 Å². The molecule has 0 spiro atoms. The second-order valence-corrected chi connectivity index (χ2v) is 6.10. The Morgan fingerprint density at radius 3 is 1.05 bits per heavy atom. The van der Waals surface area contributed by atoms with Crippen LogP contribution in [0.15, 0.2) is 0 Å². The molecule has 0 aliphatic carbocycles. The van der Waals surface area contributed by atoms with E-state index in [4.69, 9.17) is 39.5 Å². The van der Waals surface area contributed by atoms with E-state index in [1.165, 1.54) is 0 Å². The summed E-state index contributed by atoms with van der Waals surface area (Å²) in [6.45, 7) is 0. The smallest absolute Gasteiger partial charge is 0 e. The van der Waals surface area contributed by atoms with Crippen LogP contribution in [0.4, 0.5) is 4.79 Å². The maximum Gasteiger partial charge on any atom is 0 e. The second-order valence-electron chi connectivity index (χ2n) is 1.90. The van der Waals surface area contributed by atoms with Gasteiger partial charge in [-0.05, 0) is 0 Å². The van der Waals surface area contributed by atoms with Gasteiger partial charge < -0.3 is 34.7 Å². The number of rotatable bonds is 4. The second kappa shape index (κ2) is 11.2. The number of hydrogen-bond acceptors (Lipinski definition) is 6. The van der Waals surface area contributed by atoms with E-state index in [2.05, 4.69) is 8.62 Å². The summed E-state index contributed by atoms with van der Waals surface area (Å²) < 4.78 is 36.4. The molecule has 0 aliphatic heterocycles. The van der Waals surface area contributed by atoms with Crippen LogP contribution in [0.2, 0.25) is 0 Å². The topological polar surface area (TPSA) is 228 Å². The first kappa shape index (κ1) is 28.7. The minimum atomic E-state index is -5.46. The maximum atomic E-state index is 10.4. The Morgan fingerprint density at radius 2 is 0.947 bits per heavy atom. The summed E-state index contributed by atoms with van der Waals surface area (Å²) in [7, 11) is -16.2. The number of carbonyl (C=O) groups is 1. The minimum absolute atomic E-state index is 0. The Bertz CT molecular complexity index is 361. The fourth-order valence-electron chi connectivity index (χ4n) is 0.284. The van der Waals surface area contributed by atoms with E-state index in [1.807, 2.05) is 0 Å². The predicted molar refractivity (Wildman–Crippen MR) is 55.3 cm³/mol. The number of hydrogen-bond donors (Lipinski definition) is 7. The van der Waals surface area contributed by atoms with Crippen LogP contribution in [0.25, 0.3) is 0 Å². The monoisotopic (exact) mass is 426 g/mol. The summed E-state index contributed by atoms with van der Waals surface area (Å²) in [5.41, 5.74) is 0. The molecule has 0 aromatic heterocycles. The molecule has 0 fully saturated rings. The average molecular weight is 427 g/mol. The first-order valence-corrected chi connectivity index (χ1v) is 7.49. The first-order chi connectivity index (χ1) is 7.15. The zero-order valence-electron chi connectivity index (χ0n) is 8.13. The molecule has 0 bridgehead atoms. The SMILES string of the molecule is O=C(O)O.O=P(O)(O)OP(=O)(O)OP(=O)(O)O.[CaH2].[Zn]. The summed E-state index contributed by atoms with van der Waals surface area (Å²) in [5.74, 6) is 0. The van der Waals surface area contributed by atoms with Gasteiger partial charge in [0.15, 0.2) is 0 Å². The van der Waals surface area contributed by atoms with Gasteiger partial charge in [0.2, 0.25) is 0 Å². The zero-order chi connectivity index (χ0) is 14.5. The summed E-state index contributed by atoms with van der Waals surface area (Å²) in [6, 6.07) is 0. The van der Waals surface area contributed by atoms with Crippen LogP contribution in [-0.4, -0.2) is 78.6 Å². The fourth-order valence-corrected chi connectivity index (χ4v) is 2.82. The molecule has 0 heterocycles. The van der Waals surface area contributed by atoms with Gasteiger partial charge in [0.25, 0.3) is 0 Å². The van der Waals surface area contributed by atoms with Crippen LogP contribution in [-0.2, 0) is 41.8 Å². The summed E-state index contributed by atoms with van der Waals surface area (Å²) in [6.07, 6.45) is -1.83. The van der Waals surface area contributed by atoms with Crippen molar-refractivity contribution in [3.05, 3.63) is 0 Å². The predicted octanol–water partition coefficient (Wildman–Crippen LogP) is -1.39. The van der Waals surface area contributed by atoms with Crippen molar-refractivity contribution in [2.24, 2.45) is 0 Å². The third-order valence-electron chi connectivity index (χ3n) is 0.419. The Hall–Kier alpha value is 1.56. The molecule has 0 radical (unpaired) electrons. The minimum Gasteiger partial charge on any atom is 0 e. The van der Waals surface area contributed by atoms with E-state index in [1.54, 1.807) is 0 Å². The largest absolute Gasteiger partial charge is 0 e. The third-order valence-corrected chi connectivity index (χ3v) is 3.77. The van der Waals surface area contributed by atoms with Crippen molar-refractivity contribution in [3.8, 4) is 0 Å². The fraction of sp³-hybridized carbons (Fsp3) is 0. The van der Waals surface area contributed by atoms with Crippen LogP contribution < -0.4 is 0 Å². The van der Waals surface area contributed by atoms with Crippen molar-refractivity contribution >= 4 is 67.4 Å². The molecule has 13 nitrogen and oxygen atoms in total. The molecule has 0 aromatic rings. The van der Waals surface area contributed by atoms with E-state index in [-0.39, 0.29) is 57.2 Å². The molecule has 18 heteroatoms. The van der Waals surface area contributed by atoms with Crippen molar-refractivity contribution in [3.63, 3.8) is 0 Å². The Kier molecular flexibility index (Phi) is 16.9. The third kappa shape index (κ3) is 32.8. The summed E-state index contributed by atoms with van der Waals surface area (Å²) in [4.78, 5) is 48.8. The van der Waals surface area contributed by atoms with Gasteiger partial charge in [-0.15, -0.1) is 0 Å². The van der Waals surface area contributed by atoms with Crippen LogP contribution in [0, 0.1) is 0 Å². The zero-order valence-corrected chi connectivity index (χ0v) is 13.8. The number of phosphoric acid groups is 3. The van der Waals surface area contributed by atoms with Gasteiger partial charge in [-0.2, -0.15) is 8.62 Å². The summed E-state index contributed by atoms with van der Waals surface area (Å²) >= 11 is 0. The molecule has 0 unspecified atom stereocenters. The van der Waals surface area contributed by atoms with Crippen molar-refractivity contribution in [2.45, 2.75) is 0 Å². The van der Waals surface area contributed by atoms with Crippen molar-refractivity contribution in [1.29, 1.82) is 0 Å². The van der Waals surface area contributed by atoms with E-state index in [0.717, 1.165) is 0 Å². The van der Waals surface area contributed by atoms with Crippen molar-refractivity contribution in [1.82, 2.24) is 0 Å². The average Bonchev–Trinajstić information content (AvgIpc) is 1.68. The van der Waals surface area contributed by atoms with Gasteiger partial charge in [-0.1, -0.05) is 0 Å². The van der Waals surface area contributed by atoms with Crippen molar-refractivity contribution < 1.29 is 81.3 Å². The molecule has 7 N–H and O–H groups in total. The van der Waals surface area contributed by atoms with Gasteiger partial charge in [0.05, 0.1) is 0 Å². The molecular weight excluding hydrogens is 418 g/mol. The molecule has 19 heavy (non-hydrogen) atoms. The molecule has 0 atom stereocenters. The molecule has 110 valence electrons. The number of carboxylic acid groups (broad SMARTS) is 2. The van der Waals surface area contributed by atoms with E-state index in [0.29, 0.717) is 0 Å². The summed E-state index contributed by atoms with van der Waals surface area (Å²) in [5, 5.41) is 13.9. The normalized spacial score (nSPS) is 11.2. The van der Waals surface area contributed by atoms with Gasteiger partial charge >= 0.3 is 67.4 Å². The molecule has 0 aromatic carbocycles. The van der Waals surface area contributed by atoms with E-state index in [9.17, 15) is 13.7 Å². The molecule has 0 amide bonds. The standard InChI is InChI=1S/CH2O3.Ca.H5O10P3.Zn.2H/c2-1(3)4;;1-11(2,3)9-13(7,8)10-12(4,5)6;;;/h(H2,2,3,4);;(H,7,8)(H2,1,2,3)(H2,4,5,6);;;. The Morgan fingerprint density at radius 1 is 0.789 bits per heavy atom.